The van der Waals surface area contributed by atoms with Crippen molar-refractivity contribution < 1.29 is 4.79 Å². The maximum atomic E-state index is 12.4. The second-order valence-corrected chi connectivity index (χ2v) is 6.46. The summed E-state index contributed by atoms with van der Waals surface area (Å²) in [5, 5.41) is 0. The molecule has 1 aliphatic rings. The maximum Gasteiger partial charge on any atom is 0.225 e. The van der Waals surface area contributed by atoms with Gasteiger partial charge in [0.25, 0.3) is 0 Å². The Labute approximate surface area is 144 Å². The SMILES string of the molecule is O=C(CCc1cccc(Br)c1)N1CCN(c2ncccn2)CC1. The van der Waals surface area contributed by atoms with Crippen molar-refractivity contribution in [2.75, 3.05) is 31.1 Å². The minimum absolute atomic E-state index is 0.221. The number of anilines is 1. The molecule has 1 saturated heterocycles. The van der Waals surface area contributed by atoms with Gasteiger partial charge in [0.05, 0.1) is 0 Å². The zero-order valence-electron chi connectivity index (χ0n) is 12.9. The van der Waals surface area contributed by atoms with Gasteiger partial charge in [-0.15, -0.1) is 0 Å². The lowest BCUT2D eigenvalue weighted by atomic mass is 10.1. The third-order valence-electron chi connectivity index (χ3n) is 3.98. The Bertz CT molecular complexity index is 657. The van der Waals surface area contributed by atoms with E-state index in [0.29, 0.717) is 6.42 Å². The average molecular weight is 375 g/mol. The summed E-state index contributed by atoms with van der Waals surface area (Å²) >= 11 is 3.46. The van der Waals surface area contributed by atoms with E-state index in [4.69, 9.17) is 0 Å². The van der Waals surface area contributed by atoms with Crippen LogP contribution in [-0.4, -0.2) is 47.0 Å². The van der Waals surface area contributed by atoms with Gasteiger partial charge in [-0.3, -0.25) is 4.79 Å². The molecular formula is C17H19BrN4O. The molecule has 0 unspecified atom stereocenters. The molecule has 0 N–H and O–H groups in total. The second kappa shape index (κ2) is 7.55. The molecule has 3 rings (SSSR count). The minimum atomic E-state index is 0.221. The van der Waals surface area contributed by atoms with Crippen LogP contribution >= 0.6 is 15.9 Å². The van der Waals surface area contributed by atoms with Crippen LogP contribution in [0.1, 0.15) is 12.0 Å². The average Bonchev–Trinajstić information content (AvgIpc) is 2.61. The van der Waals surface area contributed by atoms with Crippen LogP contribution in [0.5, 0.6) is 0 Å². The molecule has 6 heteroatoms. The van der Waals surface area contributed by atoms with Gasteiger partial charge in [-0.1, -0.05) is 28.1 Å². The predicted octanol–water partition coefficient (Wildman–Crippen LogP) is 2.52. The number of nitrogens with zero attached hydrogens (tertiary/aromatic N) is 4. The van der Waals surface area contributed by atoms with Gasteiger partial charge in [0.2, 0.25) is 11.9 Å². The Kier molecular flexibility index (Phi) is 5.23. The summed E-state index contributed by atoms with van der Waals surface area (Å²) in [6.45, 7) is 3.03. The van der Waals surface area contributed by atoms with Gasteiger partial charge in [0.15, 0.2) is 0 Å². The van der Waals surface area contributed by atoms with Crippen molar-refractivity contribution in [2.24, 2.45) is 0 Å². The Morgan fingerprint density at radius 1 is 1.09 bits per heavy atom. The molecule has 5 nitrogen and oxygen atoms in total. The fourth-order valence-electron chi connectivity index (χ4n) is 2.71. The molecular weight excluding hydrogens is 356 g/mol. The number of hydrogen-bond acceptors (Lipinski definition) is 4. The molecule has 0 bridgehead atoms. The van der Waals surface area contributed by atoms with Crippen LogP contribution in [0.4, 0.5) is 5.95 Å². The maximum absolute atomic E-state index is 12.4. The van der Waals surface area contributed by atoms with E-state index >= 15 is 0 Å². The summed E-state index contributed by atoms with van der Waals surface area (Å²) in [4.78, 5) is 25.0. The number of aryl methyl sites for hydroxylation is 1. The van der Waals surface area contributed by atoms with Gasteiger partial charge in [-0.05, 0) is 30.2 Å². The molecule has 1 aliphatic heterocycles. The summed E-state index contributed by atoms with van der Waals surface area (Å²) in [6, 6.07) is 9.94. The van der Waals surface area contributed by atoms with E-state index in [-0.39, 0.29) is 5.91 Å². The molecule has 23 heavy (non-hydrogen) atoms. The Morgan fingerprint density at radius 2 is 1.83 bits per heavy atom. The Morgan fingerprint density at radius 3 is 2.52 bits per heavy atom. The monoisotopic (exact) mass is 374 g/mol. The lowest BCUT2D eigenvalue weighted by Gasteiger charge is -2.34. The van der Waals surface area contributed by atoms with Crippen molar-refractivity contribution in [1.82, 2.24) is 14.9 Å². The summed E-state index contributed by atoms with van der Waals surface area (Å²) in [6.07, 6.45) is 4.83. The molecule has 0 atom stereocenters. The van der Waals surface area contributed by atoms with Gasteiger partial charge >= 0.3 is 0 Å². The van der Waals surface area contributed by atoms with Crippen molar-refractivity contribution in [2.45, 2.75) is 12.8 Å². The zero-order valence-corrected chi connectivity index (χ0v) is 14.4. The van der Waals surface area contributed by atoms with Gasteiger partial charge < -0.3 is 9.80 Å². The van der Waals surface area contributed by atoms with E-state index in [2.05, 4.69) is 42.9 Å². The molecule has 0 aliphatic carbocycles. The molecule has 2 aromatic rings. The van der Waals surface area contributed by atoms with Crippen molar-refractivity contribution in [3.8, 4) is 0 Å². The van der Waals surface area contributed by atoms with Gasteiger partial charge in [0.1, 0.15) is 0 Å². The second-order valence-electron chi connectivity index (χ2n) is 5.55. The first-order valence-electron chi connectivity index (χ1n) is 7.76. The standard InChI is InChI=1S/C17H19BrN4O/c18-15-4-1-3-14(13-15)5-6-16(23)21-9-11-22(12-10-21)17-19-7-2-8-20-17/h1-4,7-8,13H,5-6,9-12H2. The number of amides is 1. The Hall–Kier alpha value is -1.95. The summed E-state index contributed by atoms with van der Waals surface area (Å²) in [5.74, 6) is 0.965. The van der Waals surface area contributed by atoms with E-state index in [1.807, 2.05) is 23.1 Å². The van der Waals surface area contributed by atoms with Crippen LogP contribution in [0, 0.1) is 0 Å². The highest BCUT2D eigenvalue weighted by Gasteiger charge is 2.22. The summed E-state index contributed by atoms with van der Waals surface area (Å²) in [7, 11) is 0. The first kappa shape index (κ1) is 15.9. The molecule has 1 aromatic carbocycles. The van der Waals surface area contributed by atoms with Crippen LogP contribution in [0.15, 0.2) is 47.2 Å². The minimum Gasteiger partial charge on any atom is -0.339 e. The highest BCUT2D eigenvalue weighted by atomic mass is 79.9. The van der Waals surface area contributed by atoms with E-state index in [1.54, 1.807) is 12.4 Å². The lowest BCUT2D eigenvalue weighted by Crippen LogP contribution is -2.49. The number of piperazine rings is 1. The zero-order chi connectivity index (χ0) is 16.1. The fourth-order valence-corrected chi connectivity index (χ4v) is 3.16. The van der Waals surface area contributed by atoms with Crippen LogP contribution in [-0.2, 0) is 11.2 Å². The number of halogens is 1. The van der Waals surface area contributed by atoms with Crippen molar-refractivity contribution >= 4 is 27.8 Å². The topological polar surface area (TPSA) is 49.3 Å². The van der Waals surface area contributed by atoms with E-state index in [9.17, 15) is 4.79 Å². The van der Waals surface area contributed by atoms with E-state index in [0.717, 1.165) is 43.0 Å². The molecule has 1 fully saturated rings. The van der Waals surface area contributed by atoms with Crippen LogP contribution in [0.3, 0.4) is 0 Å². The predicted molar refractivity (Wildman–Crippen MR) is 93.3 cm³/mol. The highest BCUT2D eigenvalue weighted by molar-refractivity contribution is 9.10. The summed E-state index contributed by atoms with van der Waals surface area (Å²) in [5.41, 5.74) is 1.18. The fraction of sp³-hybridized carbons (Fsp3) is 0.353. The first-order valence-corrected chi connectivity index (χ1v) is 8.56. The molecule has 2 heterocycles. The van der Waals surface area contributed by atoms with Crippen molar-refractivity contribution in [3.05, 3.63) is 52.8 Å². The van der Waals surface area contributed by atoms with Crippen molar-refractivity contribution in [3.63, 3.8) is 0 Å². The number of hydrogen-bond donors (Lipinski definition) is 0. The van der Waals surface area contributed by atoms with Crippen LogP contribution in [0.25, 0.3) is 0 Å². The number of rotatable bonds is 4. The molecule has 0 radical (unpaired) electrons. The van der Waals surface area contributed by atoms with Crippen LogP contribution in [0.2, 0.25) is 0 Å². The Balaban J connectivity index is 1.48. The van der Waals surface area contributed by atoms with Crippen LogP contribution < -0.4 is 4.90 Å². The third kappa shape index (κ3) is 4.28. The highest BCUT2D eigenvalue weighted by Crippen LogP contribution is 2.15. The van der Waals surface area contributed by atoms with E-state index < -0.39 is 0 Å². The number of aromatic nitrogens is 2. The van der Waals surface area contributed by atoms with Gasteiger partial charge in [-0.2, -0.15) is 0 Å². The largest absolute Gasteiger partial charge is 0.339 e. The lowest BCUT2D eigenvalue weighted by molar-refractivity contribution is -0.131. The smallest absolute Gasteiger partial charge is 0.225 e. The van der Waals surface area contributed by atoms with Crippen molar-refractivity contribution in [1.29, 1.82) is 0 Å². The normalized spacial score (nSPS) is 14.8. The first-order chi connectivity index (χ1) is 11.2. The molecule has 120 valence electrons. The molecule has 0 spiro atoms. The molecule has 0 saturated carbocycles. The number of carbonyl (C=O) groups is 1. The number of carbonyl (C=O) groups excluding carboxylic acids is 1. The van der Waals surface area contributed by atoms with Gasteiger partial charge in [-0.25, -0.2) is 9.97 Å². The quantitative estimate of drug-likeness (QED) is 0.824. The van der Waals surface area contributed by atoms with E-state index in [1.165, 1.54) is 5.56 Å². The molecule has 1 amide bonds. The number of benzene rings is 1. The third-order valence-corrected chi connectivity index (χ3v) is 4.48. The van der Waals surface area contributed by atoms with Gasteiger partial charge in [0, 0.05) is 49.5 Å². The summed E-state index contributed by atoms with van der Waals surface area (Å²) < 4.78 is 1.05. The molecule has 1 aromatic heterocycles.